The zero-order valence-corrected chi connectivity index (χ0v) is 16.7. The summed E-state index contributed by atoms with van der Waals surface area (Å²) in [5, 5.41) is 2.63. The van der Waals surface area contributed by atoms with Gasteiger partial charge in [0.05, 0.1) is 22.3 Å². The predicted molar refractivity (Wildman–Crippen MR) is 108 cm³/mol. The third kappa shape index (κ3) is 4.85. The number of likely N-dealkylation sites (tertiary alicyclic amines) is 1. The number of nitrogens with two attached hydrogens (primary N) is 1. The molecule has 1 aliphatic heterocycles. The molecule has 0 radical (unpaired) electrons. The quantitative estimate of drug-likeness (QED) is 0.685. The smallest absolute Gasteiger partial charge is 0.397 e. The van der Waals surface area contributed by atoms with E-state index in [1.807, 2.05) is 37.4 Å². The van der Waals surface area contributed by atoms with Crippen molar-refractivity contribution in [1.29, 1.82) is 0 Å². The van der Waals surface area contributed by atoms with Crippen LogP contribution in [-0.2, 0) is 6.18 Å². The zero-order valence-electron chi connectivity index (χ0n) is 16.0. The minimum Gasteiger partial charge on any atom is -0.397 e. The fraction of sp³-hybridized carbons (Fsp3) is 0.381. The topological polar surface area (TPSA) is 58.4 Å². The van der Waals surface area contributed by atoms with Gasteiger partial charge >= 0.3 is 6.18 Å². The van der Waals surface area contributed by atoms with Gasteiger partial charge < -0.3 is 16.0 Å². The average Bonchev–Trinajstić information content (AvgIpc) is 2.68. The molecule has 0 bridgehead atoms. The number of likely N-dealkylation sites (N-methyl/N-ethyl adjacent to an activating group) is 1. The summed E-state index contributed by atoms with van der Waals surface area (Å²) in [6.45, 7) is 0.899. The fourth-order valence-corrected chi connectivity index (χ4v) is 4.01. The maximum atomic E-state index is 13.3. The van der Waals surface area contributed by atoms with Gasteiger partial charge in [0, 0.05) is 11.6 Å². The maximum Gasteiger partial charge on any atom is 0.418 e. The molecule has 1 aliphatic rings. The third-order valence-electron chi connectivity index (χ3n) is 5.35. The highest BCUT2D eigenvalue weighted by atomic mass is 35.5. The van der Waals surface area contributed by atoms with Crippen molar-refractivity contribution >= 4 is 23.2 Å². The van der Waals surface area contributed by atoms with Crippen LogP contribution in [0.25, 0.3) is 0 Å². The Morgan fingerprint density at radius 1 is 1.24 bits per heavy atom. The van der Waals surface area contributed by atoms with E-state index in [4.69, 9.17) is 17.3 Å². The van der Waals surface area contributed by atoms with Crippen molar-refractivity contribution in [2.24, 2.45) is 0 Å². The van der Waals surface area contributed by atoms with Crippen LogP contribution in [0.5, 0.6) is 0 Å². The molecule has 3 rings (SSSR count). The van der Waals surface area contributed by atoms with E-state index in [-0.39, 0.29) is 22.7 Å². The number of nitrogens with one attached hydrogen (secondary N) is 1. The van der Waals surface area contributed by atoms with Crippen LogP contribution in [0.4, 0.5) is 18.9 Å². The van der Waals surface area contributed by atoms with E-state index in [1.165, 1.54) is 6.07 Å². The number of carbonyl (C=O) groups excluding carboxylic acids is 1. The first-order valence-electron chi connectivity index (χ1n) is 9.40. The van der Waals surface area contributed by atoms with Gasteiger partial charge in [-0.25, -0.2) is 0 Å². The van der Waals surface area contributed by atoms with Gasteiger partial charge in [0.15, 0.2) is 0 Å². The lowest BCUT2D eigenvalue weighted by Gasteiger charge is -2.38. The maximum absolute atomic E-state index is 13.3. The Bertz CT molecular complexity index is 873. The summed E-state index contributed by atoms with van der Waals surface area (Å²) in [4.78, 5) is 15.1. The molecule has 0 spiro atoms. The van der Waals surface area contributed by atoms with Crippen LogP contribution in [-0.4, -0.2) is 30.4 Å². The summed E-state index contributed by atoms with van der Waals surface area (Å²) >= 11 is 5.88. The van der Waals surface area contributed by atoms with Crippen LogP contribution in [0, 0.1) is 0 Å². The standard InChI is InChI=1S/C21H23ClF3N3O/c1-28-10-6-5-9-17(28)19(13-7-3-2-4-8-13)27-20(29)14-11-15(21(23,24)25)18(26)16(22)12-14/h2-4,7-8,11-12,17,19H,5-6,9-10,26H2,1H3,(H,27,29). The van der Waals surface area contributed by atoms with Crippen LogP contribution >= 0.6 is 11.6 Å². The lowest BCUT2D eigenvalue weighted by Crippen LogP contribution is -2.47. The molecule has 2 unspecified atom stereocenters. The second kappa shape index (κ2) is 8.63. The Morgan fingerprint density at radius 2 is 1.93 bits per heavy atom. The molecule has 1 saturated heterocycles. The van der Waals surface area contributed by atoms with Crippen molar-refractivity contribution in [3.8, 4) is 0 Å². The number of nitrogen functional groups attached to an aromatic ring is 1. The van der Waals surface area contributed by atoms with E-state index in [0.29, 0.717) is 0 Å². The Balaban J connectivity index is 1.94. The van der Waals surface area contributed by atoms with E-state index in [9.17, 15) is 18.0 Å². The highest BCUT2D eigenvalue weighted by molar-refractivity contribution is 6.33. The van der Waals surface area contributed by atoms with Gasteiger partial charge in [-0.15, -0.1) is 0 Å². The van der Waals surface area contributed by atoms with Gasteiger partial charge in [-0.3, -0.25) is 4.79 Å². The van der Waals surface area contributed by atoms with Crippen molar-refractivity contribution in [3.05, 3.63) is 64.2 Å². The number of nitrogens with zero attached hydrogens (tertiary/aromatic N) is 1. The minimum absolute atomic E-state index is 0.0430. The van der Waals surface area contributed by atoms with Crippen molar-refractivity contribution in [2.75, 3.05) is 19.3 Å². The SMILES string of the molecule is CN1CCCCC1C(NC(=O)c1cc(Cl)c(N)c(C(F)(F)F)c1)c1ccccc1. The first kappa shape index (κ1) is 21.5. The lowest BCUT2D eigenvalue weighted by molar-refractivity contribution is -0.136. The molecular formula is C21H23ClF3N3O. The molecule has 156 valence electrons. The van der Waals surface area contributed by atoms with E-state index < -0.39 is 23.3 Å². The minimum atomic E-state index is -4.70. The summed E-state index contributed by atoms with van der Waals surface area (Å²) in [6.07, 6.45) is -1.72. The van der Waals surface area contributed by atoms with Crippen molar-refractivity contribution in [1.82, 2.24) is 10.2 Å². The zero-order chi connectivity index (χ0) is 21.2. The molecule has 8 heteroatoms. The molecule has 1 fully saturated rings. The number of piperidine rings is 1. The van der Waals surface area contributed by atoms with Crippen LogP contribution in [0.2, 0.25) is 5.02 Å². The fourth-order valence-electron chi connectivity index (χ4n) is 3.79. The summed E-state index contributed by atoms with van der Waals surface area (Å²) in [5.74, 6) is -0.620. The van der Waals surface area contributed by atoms with Crippen LogP contribution < -0.4 is 11.1 Å². The summed E-state index contributed by atoms with van der Waals surface area (Å²) in [6, 6.07) is 11.0. The summed E-state index contributed by atoms with van der Waals surface area (Å²) in [7, 11) is 1.99. The van der Waals surface area contributed by atoms with E-state index in [1.54, 1.807) is 0 Å². The normalized spacial score (nSPS) is 19.0. The van der Waals surface area contributed by atoms with Gasteiger partial charge in [0.2, 0.25) is 0 Å². The van der Waals surface area contributed by atoms with Crippen LogP contribution in [0.15, 0.2) is 42.5 Å². The first-order valence-corrected chi connectivity index (χ1v) is 9.78. The number of amides is 1. The number of halogens is 4. The molecular weight excluding hydrogens is 403 g/mol. The molecule has 4 nitrogen and oxygen atoms in total. The van der Waals surface area contributed by atoms with Gasteiger partial charge in [-0.05, 0) is 44.1 Å². The van der Waals surface area contributed by atoms with Crippen molar-refractivity contribution in [2.45, 2.75) is 37.5 Å². The van der Waals surface area contributed by atoms with Crippen molar-refractivity contribution in [3.63, 3.8) is 0 Å². The predicted octanol–water partition coefficient (Wildman–Crippen LogP) is 4.90. The third-order valence-corrected chi connectivity index (χ3v) is 5.67. The van der Waals surface area contributed by atoms with E-state index in [0.717, 1.165) is 37.4 Å². The number of carbonyl (C=O) groups is 1. The second-order valence-electron chi connectivity index (χ2n) is 7.32. The molecule has 2 aromatic carbocycles. The highest BCUT2D eigenvalue weighted by Gasteiger charge is 2.36. The summed E-state index contributed by atoms with van der Waals surface area (Å²) < 4.78 is 39.8. The van der Waals surface area contributed by atoms with Crippen LogP contribution in [0.3, 0.4) is 0 Å². The number of rotatable bonds is 4. The number of hydrogen-bond donors (Lipinski definition) is 2. The van der Waals surface area contributed by atoms with Crippen molar-refractivity contribution < 1.29 is 18.0 Å². The molecule has 0 aromatic heterocycles. The number of anilines is 1. The Kier molecular flexibility index (Phi) is 6.39. The largest absolute Gasteiger partial charge is 0.418 e. The van der Waals surface area contributed by atoms with Gasteiger partial charge in [0.1, 0.15) is 0 Å². The van der Waals surface area contributed by atoms with Crippen LogP contribution in [0.1, 0.15) is 46.8 Å². The Labute approximate surface area is 172 Å². The lowest BCUT2D eigenvalue weighted by atomic mass is 9.91. The second-order valence-corrected chi connectivity index (χ2v) is 7.73. The molecule has 29 heavy (non-hydrogen) atoms. The van der Waals surface area contributed by atoms with Gasteiger partial charge in [-0.2, -0.15) is 13.2 Å². The van der Waals surface area contributed by atoms with E-state index >= 15 is 0 Å². The number of hydrogen-bond acceptors (Lipinski definition) is 3. The van der Waals surface area contributed by atoms with Gasteiger partial charge in [-0.1, -0.05) is 48.4 Å². The van der Waals surface area contributed by atoms with Gasteiger partial charge in [0.25, 0.3) is 5.91 Å². The highest BCUT2D eigenvalue weighted by Crippen LogP contribution is 2.38. The molecule has 1 amide bonds. The summed E-state index contributed by atoms with van der Waals surface area (Å²) in [5.41, 5.74) is 4.51. The number of benzene rings is 2. The molecule has 3 N–H and O–H groups in total. The molecule has 1 heterocycles. The average molecular weight is 426 g/mol. The Hall–Kier alpha value is -2.25. The van der Waals surface area contributed by atoms with E-state index in [2.05, 4.69) is 10.2 Å². The first-order chi connectivity index (χ1) is 13.7. The molecule has 0 aliphatic carbocycles. The monoisotopic (exact) mass is 425 g/mol. The molecule has 0 saturated carbocycles. The Morgan fingerprint density at radius 3 is 2.55 bits per heavy atom. The number of alkyl halides is 3. The molecule has 2 aromatic rings. The molecule has 2 atom stereocenters.